The van der Waals surface area contributed by atoms with E-state index in [4.69, 9.17) is 14.2 Å². The van der Waals surface area contributed by atoms with Crippen molar-refractivity contribution in [2.75, 3.05) is 27.4 Å². The second-order valence-electron chi connectivity index (χ2n) is 5.62. The van der Waals surface area contributed by atoms with E-state index in [1.165, 1.54) is 5.56 Å². The molecule has 2 rings (SSSR count). The van der Waals surface area contributed by atoms with Gasteiger partial charge in [0, 0.05) is 19.2 Å². The van der Waals surface area contributed by atoms with Crippen molar-refractivity contribution < 1.29 is 14.2 Å². The van der Waals surface area contributed by atoms with Crippen LogP contribution in [0.1, 0.15) is 38.3 Å². The standard InChI is InChI=1S/C16H25NO3/c1-12(17-11-16(2)8-5-9-20-16)13-6-7-14(18-3)15(10-13)19-4/h6-7,10,12,17H,5,8-9,11H2,1-4H3. The van der Waals surface area contributed by atoms with Crippen LogP contribution < -0.4 is 14.8 Å². The van der Waals surface area contributed by atoms with E-state index in [0.717, 1.165) is 37.5 Å². The van der Waals surface area contributed by atoms with Gasteiger partial charge < -0.3 is 19.5 Å². The van der Waals surface area contributed by atoms with E-state index in [0.29, 0.717) is 0 Å². The van der Waals surface area contributed by atoms with Gasteiger partial charge in [0.25, 0.3) is 0 Å². The molecule has 1 fully saturated rings. The van der Waals surface area contributed by atoms with Crippen LogP contribution in [0.4, 0.5) is 0 Å². The lowest BCUT2D eigenvalue weighted by Crippen LogP contribution is -2.38. The lowest BCUT2D eigenvalue weighted by Gasteiger charge is -2.26. The van der Waals surface area contributed by atoms with Crippen molar-refractivity contribution in [3.8, 4) is 11.5 Å². The maximum Gasteiger partial charge on any atom is 0.161 e. The van der Waals surface area contributed by atoms with Crippen LogP contribution in [0.15, 0.2) is 18.2 Å². The first-order chi connectivity index (χ1) is 9.58. The molecule has 0 spiro atoms. The molecule has 4 nitrogen and oxygen atoms in total. The van der Waals surface area contributed by atoms with Crippen LogP contribution in [-0.2, 0) is 4.74 Å². The molecule has 4 heteroatoms. The van der Waals surface area contributed by atoms with Crippen LogP contribution in [0.3, 0.4) is 0 Å². The fourth-order valence-electron chi connectivity index (χ4n) is 2.59. The highest BCUT2D eigenvalue weighted by atomic mass is 16.5. The van der Waals surface area contributed by atoms with E-state index >= 15 is 0 Å². The topological polar surface area (TPSA) is 39.7 Å². The number of rotatable bonds is 6. The smallest absolute Gasteiger partial charge is 0.161 e. The molecule has 0 amide bonds. The molecule has 1 aliphatic heterocycles. The fraction of sp³-hybridized carbons (Fsp3) is 0.625. The zero-order valence-electron chi connectivity index (χ0n) is 12.9. The summed E-state index contributed by atoms with van der Waals surface area (Å²) < 4.78 is 16.4. The van der Waals surface area contributed by atoms with Crippen molar-refractivity contribution in [3.63, 3.8) is 0 Å². The van der Waals surface area contributed by atoms with Gasteiger partial charge in [-0.3, -0.25) is 0 Å². The molecule has 0 bridgehead atoms. The molecule has 2 unspecified atom stereocenters. The van der Waals surface area contributed by atoms with Gasteiger partial charge in [0.1, 0.15) is 0 Å². The third kappa shape index (κ3) is 3.44. The van der Waals surface area contributed by atoms with Crippen molar-refractivity contribution in [2.24, 2.45) is 0 Å². The fourth-order valence-corrected chi connectivity index (χ4v) is 2.59. The first kappa shape index (κ1) is 15.1. The molecule has 2 atom stereocenters. The van der Waals surface area contributed by atoms with Gasteiger partial charge in [-0.15, -0.1) is 0 Å². The predicted molar refractivity (Wildman–Crippen MR) is 79.6 cm³/mol. The molecule has 1 heterocycles. The van der Waals surface area contributed by atoms with E-state index in [1.807, 2.05) is 12.1 Å². The lowest BCUT2D eigenvalue weighted by molar-refractivity contribution is 0.0191. The normalized spacial score (nSPS) is 23.6. The number of hydrogen-bond acceptors (Lipinski definition) is 4. The molecule has 1 saturated heterocycles. The van der Waals surface area contributed by atoms with Crippen molar-refractivity contribution >= 4 is 0 Å². The SMILES string of the molecule is COc1ccc(C(C)NCC2(C)CCCO2)cc1OC. The highest BCUT2D eigenvalue weighted by Crippen LogP contribution is 2.30. The molecule has 0 radical (unpaired) electrons. The van der Waals surface area contributed by atoms with Crippen LogP contribution in [0.25, 0.3) is 0 Å². The number of ether oxygens (including phenoxy) is 3. The van der Waals surface area contributed by atoms with E-state index < -0.39 is 0 Å². The maximum absolute atomic E-state index is 5.80. The van der Waals surface area contributed by atoms with Gasteiger partial charge in [-0.2, -0.15) is 0 Å². The Kier molecular flexibility index (Phi) is 4.89. The average molecular weight is 279 g/mol. The van der Waals surface area contributed by atoms with Crippen molar-refractivity contribution in [2.45, 2.75) is 38.3 Å². The molecule has 20 heavy (non-hydrogen) atoms. The van der Waals surface area contributed by atoms with Gasteiger partial charge in [0.05, 0.1) is 19.8 Å². The molecule has 0 saturated carbocycles. The minimum absolute atomic E-state index is 0.0230. The minimum Gasteiger partial charge on any atom is -0.493 e. The lowest BCUT2D eigenvalue weighted by atomic mass is 10.0. The first-order valence-corrected chi connectivity index (χ1v) is 7.17. The summed E-state index contributed by atoms with van der Waals surface area (Å²) in [6.45, 7) is 6.07. The number of benzene rings is 1. The summed E-state index contributed by atoms with van der Waals surface area (Å²) in [4.78, 5) is 0. The van der Waals surface area contributed by atoms with Crippen LogP contribution >= 0.6 is 0 Å². The summed E-state index contributed by atoms with van der Waals surface area (Å²) in [7, 11) is 3.31. The van der Waals surface area contributed by atoms with E-state index in [9.17, 15) is 0 Å². The van der Waals surface area contributed by atoms with Crippen molar-refractivity contribution in [3.05, 3.63) is 23.8 Å². The Balaban J connectivity index is 1.99. The van der Waals surface area contributed by atoms with Crippen molar-refractivity contribution in [1.29, 1.82) is 0 Å². The van der Waals surface area contributed by atoms with Gasteiger partial charge in [-0.25, -0.2) is 0 Å². The third-order valence-electron chi connectivity index (χ3n) is 3.99. The predicted octanol–water partition coefficient (Wildman–Crippen LogP) is 2.92. The van der Waals surface area contributed by atoms with Crippen LogP contribution in [-0.4, -0.2) is 33.0 Å². The largest absolute Gasteiger partial charge is 0.493 e. The van der Waals surface area contributed by atoms with E-state index in [2.05, 4.69) is 25.2 Å². The Morgan fingerprint density at radius 2 is 2.05 bits per heavy atom. The molecule has 112 valence electrons. The van der Waals surface area contributed by atoms with E-state index in [-0.39, 0.29) is 11.6 Å². The second kappa shape index (κ2) is 6.46. The van der Waals surface area contributed by atoms with Gasteiger partial charge in [-0.1, -0.05) is 6.07 Å². The zero-order valence-corrected chi connectivity index (χ0v) is 12.9. The molecule has 1 aromatic rings. The molecular weight excluding hydrogens is 254 g/mol. The molecule has 1 aliphatic rings. The van der Waals surface area contributed by atoms with Gasteiger partial charge in [-0.05, 0) is 44.4 Å². The summed E-state index contributed by atoms with van der Waals surface area (Å²) in [5, 5.41) is 3.55. The number of methoxy groups -OCH3 is 2. The summed E-state index contributed by atoms with van der Waals surface area (Å²) in [5.41, 5.74) is 1.16. The third-order valence-corrected chi connectivity index (χ3v) is 3.99. The summed E-state index contributed by atoms with van der Waals surface area (Å²) >= 11 is 0. The zero-order chi connectivity index (χ0) is 14.6. The summed E-state index contributed by atoms with van der Waals surface area (Å²) in [5.74, 6) is 1.52. The van der Waals surface area contributed by atoms with Crippen LogP contribution in [0, 0.1) is 0 Å². The second-order valence-corrected chi connectivity index (χ2v) is 5.62. The Bertz CT molecular complexity index is 441. The summed E-state index contributed by atoms with van der Waals surface area (Å²) in [6, 6.07) is 6.28. The number of nitrogens with one attached hydrogen (secondary N) is 1. The van der Waals surface area contributed by atoms with Crippen molar-refractivity contribution in [1.82, 2.24) is 5.32 Å². The minimum atomic E-state index is -0.0230. The van der Waals surface area contributed by atoms with Crippen LogP contribution in [0.2, 0.25) is 0 Å². The Hall–Kier alpha value is -1.26. The van der Waals surface area contributed by atoms with Gasteiger partial charge >= 0.3 is 0 Å². The molecular formula is C16H25NO3. The highest BCUT2D eigenvalue weighted by Gasteiger charge is 2.29. The molecule has 1 aromatic carbocycles. The Morgan fingerprint density at radius 3 is 2.65 bits per heavy atom. The monoisotopic (exact) mass is 279 g/mol. The van der Waals surface area contributed by atoms with Gasteiger partial charge in [0.2, 0.25) is 0 Å². The molecule has 1 N–H and O–H groups in total. The highest BCUT2D eigenvalue weighted by molar-refractivity contribution is 5.43. The molecule has 0 aliphatic carbocycles. The van der Waals surface area contributed by atoms with E-state index in [1.54, 1.807) is 14.2 Å². The Morgan fingerprint density at radius 1 is 1.30 bits per heavy atom. The quantitative estimate of drug-likeness (QED) is 0.869. The maximum atomic E-state index is 5.80. The first-order valence-electron chi connectivity index (χ1n) is 7.17. The van der Waals surface area contributed by atoms with Crippen LogP contribution in [0.5, 0.6) is 11.5 Å². The molecule has 0 aromatic heterocycles. The average Bonchev–Trinajstić information content (AvgIpc) is 2.91. The number of hydrogen-bond donors (Lipinski definition) is 1. The summed E-state index contributed by atoms with van der Waals surface area (Å²) in [6.07, 6.45) is 2.28. The Labute approximate surface area is 121 Å². The van der Waals surface area contributed by atoms with Gasteiger partial charge in [0.15, 0.2) is 11.5 Å².